The van der Waals surface area contributed by atoms with Crippen LogP contribution in [0.2, 0.25) is 0 Å². The van der Waals surface area contributed by atoms with Crippen LogP contribution in [0.25, 0.3) is 0 Å². The first-order chi connectivity index (χ1) is 8.48. The van der Waals surface area contributed by atoms with Gasteiger partial charge < -0.3 is 11.1 Å². The van der Waals surface area contributed by atoms with E-state index in [9.17, 15) is 4.79 Å². The van der Waals surface area contributed by atoms with Crippen molar-refractivity contribution >= 4 is 11.6 Å². The van der Waals surface area contributed by atoms with E-state index >= 15 is 0 Å². The second kappa shape index (κ2) is 6.43. The van der Waals surface area contributed by atoms with Gasteiger partial charge >= 0.3 is 0 Å². The highest BCUT2D eigenvalue weighted by atomic mass is 16.1. The lowest BCUT2D eigenvalue weighted by atomic mass is 9.93. The van der Waals surface area contributed by atoms with Crippen LogP contribution in [-0.2, 0) is 4.79 Å². The molecule has 0 saturated carbocycles. The normalized spacial score (nSPS) is 13.9. The largest absolute Gasteiger partial charge is 0.371 e. The van der Waals surface area contributed by atoms with Crippen LogP contribution in [0.4, 0.5) is 5.69 Å². The highest BCUT2D eigenvalue weighted by molar-refractivity contribution is 5.87. The molecular weight excluding hydrogens is 224 g/mol. The molecule has 0 radical (unpaired) electrons. The summed E-state index contributed by atoms with van der Waals surface area (Å²) in [5, 5.41) is 3.28. The van der Waals surface area contributed by atoms with Crippen molar-refractivity contribution in [2.75, 3.05) is 5.32 Å². The molecule has 0 heterocycles. The van der Waals surface area contributed by atoms with Gasteiger partial charge in [-0.3, -0.25) is 4.79 Å². The van der Waals surface area contributed by atoms with Crippen molar-refractivity contribution in [2.45, 2.75) is 52.0 Å². The Morgan fingerprint density at radius 1 is 1.39 bits per heavy atom. The van der Waals surface area contributed by atoms with Crippen LogP contribution in [-0.4, -0.2) is 11.4 Å². The molecule has 100 valence electrons. The van der Waals surface area contributed by atoms with Crippen molar-refractivity contribution < 1.29 is 4.79 Å². The van der Waals surface area contributed by atoms with E-state index in [1.54, 1.807) is 0 Å². The summed E-state index contributed by atoms with van der Waals surface area (Å²) in [7, 11) is 0. The summed E-state index contributed by atoms with van der Waals surface area (Å²) >= 11 is 0. The minimum Gasteiger partial charge on any atom is -0.371 e. The van der Waals surface area contributed by atoms with Crippen LogP contribution in [0.3, 0.4) is 0 Å². The smallest absolute Gasteiger partial charge is 0.242 e. The molecule has 1 amide bonds. The third-order valence-corrected chi connectivity index (χ3v) is 3.26. The number of unbranched alkanes of at least 4 members (excludes halogenated alkanes) is 2. The van der Waals surface area contributed by atoms with E-state index in [-0.39, 0.29) is 5.91 Å². The summed E-state index contributed by atoms with van der Waals surface area (Å²) in [4.78, 5) is 11.7. The molecule has 0 aliphatic carbocycles. The van der Waals surface area contributed by atoms with Crippen LogP contribution in [0.1, 0.15) is 45.1 Å². The fraction of sp³-hybridized carbons (Fsp3) is 0.533. The summed E-state index contributed by atoms with van der Waals surface area (Å²) < 4.78 is 0. The van der Waals surface area contributed by atoms with Gasteiger partial charge in [-0.05, 0) is 38.0 Å². The number of primary amides is 1. The number of rotatable bonds is 7. The second-order valence-electron chi connectivity index (χ2n) is 5.15. The van der Waals surface area contributed by atoms with E-state index in [4.69, 9.17) is 5.73 Å². The van der Waals surface area contributed by atoms with Gasteiger partial charge in [0.15, 0.2) is 0 Å². The van der Waals surface area contributed by atoms with Crippen LogP contribution in [0.15, 0.2) is 24.3 Å². The van der Waals surface area contributed by atoms with E-state index in [1.807, 2.05) is 38.1 Å². The molecule has 0 aromatic heterocycles. The molecule has 1 aromatic carbocycles. The van der Waals surface area contributed by atoms with E-state index in [1.165, 1.54) is 5.56 Å². The van der Waals surface area contributed by atoms with Crippen molar-refractivity contribution in [2.24, 2.45) is 5.73 Å². The zero-order chi connectivity index (χ0) is 13.6. The van der Waals surface area contributed by atoms with Gasteiger partial charge in [0.2, 0.25) is 5.91 Å². The molecule has 0 saturated heterocycles. The Hall–Kier alpha value is -1.51. The van der Waals surface area contributed by atoms with Crippen LogP contribution >= 0.6 is 0 Å². The average Bonchev–Trinajstić information content (AvgIpc) is 2.29. The number of aryl methyl sites for hydroxylation is 1. The minimum absolute atomic E-state index is 0.292. The average molecular weight is 248 g/mol. The molecule has 3 N–H and O–H groups in total. The lowest BCUT2D eigenvalue weighted by Gasteiger charge is -2.28. The molecule has 1 unspecified atom stereocenters. The molecule has 1 rings (SSSR count). The Kier molecular flexibility index (Phi) is 5.20. The molecule has 3 heteroatoms. The van der Waals surface area contributed by atoms with Crippen molar-refractivity contribution in [1.29, 1.82) is 0 Å². The van der Waals surface area contributed by atoms with Gasteiger partial charge in [0.05, 0.1) is 0 Å². The van der Waals surface area contributed by atoms with Gasteiger partial charge in [-0.25, -0.2) is 0 Å². The van der Waals surface area contributed by atoms with Gasteiger partial charge in [-0.1, -0.05) is 38.3 Å². The van der Waals surface area contributed by atoms with E-state index < -0.39 is 5.54 Å². The molecular formula is C15H24N2O. The van der Waals surface area contributed by atoms with E-state index in [2.05, 4.69) is 12.2 Å². The quantitative estimate of drug-likeness (QED) is 0.728. The van der Waals surface area contributed by atoms with Crippen LogP contribution in [0, 0.1) is 6.92 Å². The lowest BCUT2D eigenvalue weighted by molar-refractivity contribution is -0.122. The number of hydrogen-bond donors (Lipinski definition) is 2. The maximum atomic E-state index is 11.7. The Morgan fingerprint density at radius 2 is 2.11 bits per heavy atom. The number of anilines is 1. The molecule has 0 fully saturated rings. The molecule has 1 aromatic rings. The Labute approximate surface area is 110 Å². The summed E-state index contributed by atoms with van der Waals surface area (Å²) in [6.07, 6.45) is 4.04. The van der Waals surface area contributed by atoms with Crippen molar-refractivity contribution in [3.63, 3.8) is 0 Å². The van der Waals surface area contributed by atoms with Gasteiger partial charge in [-0.2, -0.15) is 0 Å². The summed E-state index contributed by atoms with van der Waals surface area (Å²) in [5.41, 5.74) is 6.99. The van der Waals surface area contributed by atoms with Gasteiger partial charge in [-0.15, -0.1) is 0 Å². The fourth-order valence-electron chi connectivity index (χ4n) is 2.02. The van der Waals surface area contributed by atoms with E-state index in [0.717, 1.165) is 31.4 Å². The van der Waals surface area contributed by atoms with Crippen LogP contribution < -0.4 is 11.1 Å². The predicted molar refractivity (Wildman–Crippen MR) is 76.5 cm³/mol. The number of carbonyl (C=O) groups excluding carboxylic acids is 1. The monoisotopic (exact) mass is 248 g/mol. The van der Waals surface area contributed by atoms with Crippen molar-refractivity contribution in [3.05, 3.63) is 29.8 Å². The zero-order valence-corrected chi connectivity index (χ0v) is 11.6. The van der Waals surface area contributed by atoms with Gasteiger partial charge in [0.25, 0.3) is 0 Å². The lowest BCUT2D eigenvalue weighted by Crippen LogP contribution is -2.47. The Balaban J connectivity index is 2.76. The predicted octanol–water partition coefficient (Wildman–Crippen LogP) is 3.23. The molecule has 18 heavy (non-hydrogen) atoms. The first-order valence-electron chi connectivity index (χ1n) is 6.62. The topological polar surface area (TPSA) is 55.1 Å². The fourth-order valence-corrected chi connectivity index (χ4v) is 2.02. The first-order valence-corrected chi connectivity index (χ1v) is 6.62. The van der Waals surface area contributed by atoms with Gasteiger partial charge in [0.1, 0.15) is 5.54 Å². The molecule has 0 aliphatic heterocycles. The molecule has 0 spiro atoms. The second-order valence-corrected chi connectivity index (χ2v) is 5.15. The summed E-state index contributed by atoms with van der Waals surface area (Å²) in [5.74, 6) is -0.292. The Bertz CT molecular complexity index is 403. The maximum Gasteiger partial charge on any atom is 0.242 e. The number of nitrogens with one attached hydrogen (secondary N) is 1. The minimum atomic E-state index is -0.664. The molecule has 1 atom stereocenters. The zero-order valence-electron chi connectivity index (χ0n) is 11.6. The number of hydrogen-bond acceptors (Lipinski definition) is 2. The van der Waals surface area contributed by atoms with E-state index in [0.29, 0.717) is 0 Å². The maximum absolute atomic E-state index is 11.7. The SMILES string of the molecule is CCCCCC(C)(Nc1cccc(C)c1)C(N)=O. The number of benzene rings is 1. The third-order valence-electron chi connectivity index (χ3n) is 3.26. The molecule has 3 nitrogen and oxygen atoms in total. The summed E-state index contributed by atoms with van der Waals surface area (Å²) in [6, 6.07) is 8.00. The van der Waals surface area contributed by atoms with Crippen molar-refractivity contribution in [3.8, 4) is 0 Å². The van der Waals surface area contributed by atoms with Crippen molar-refractivity contribution in [1.82, 2.24) is 0 Å². The number of nitrogens with two attached hydrogens (primary N) is 1. The highest BCUT2D eigenvalue weighted by Crippen LogP contribution is 2.21. The standard InChI is InChI=1S/C15H24N2O/c1-4-5-6-10-15(3,14(16)18)17-13-9-7-8-12(2)11-13/h7-9,11,17H,4-6,10H2,1-3H3,(H2,16,18). The first kappa shape index (κ1) is 14.6. The molecule has 0 aliphatic rings. The molecule has 0 bridgehead atoms. The summed E-state index contributed by atoms with van der Waals surface area (Å²) in [6.45, 7) is 6.06. The third kappa shape index (κ3) is 4.06. The number of amides is 1. The van der Waals surface area contributed by atoms with Gasteiger partial charge in [0, 0.05) is 5.69 Å². The number of carbonyl (C=O) groups is 1. The Morgan fingerprint density at radius 3 is 2.67 bits per heavy atom. The van der Waals surface area contributed by atoms with Crippen LogP contribution in [0.5, 0.6) is 0 Å². The highest BCUT2D eigenvalue weighted by Gasteiger charge is 2.30.